The Morgan fingerprint density at radius 2 is 2.11 bits per heavy atom. The molecule has 0 spiro atoms. The van der Waals surface area contributed by atoms with Gasteiger partial charge in [0.2, 0.25) is 0 Å². The minimum absolute atomic E-state index is 0.427. The monoisotopic (exact) mass is 332 g/mol. The topological polar surface area (TPSA) is 36.7 Å². The van der Waals surface area contributed by atoms with Gasteiger partial charge >= 0.3 is 0 Å². The summed E-state index contributed by atoms with van der Waals surface area (Å²) >= 11 is 9.86. The average Bonchev–Trinajstić information content (AvgIpc) is 2.44. The zero-order chi connectivity index (χ0) is 13.8. The second-order valence-electron chi connectivity index (χ2n) is 3.95. The van der Waals surface area contributed by atoms with Gasteiger partial charge in [-0.05, 0) is 30.2 Å². The Morgan fingerprint density at radius 3 is 2.74 bits per heavy atom. The van der Waals surface area contributed by atoms with Crippen LogP contribution >= 0.6 is 27.5 Å². The first-order chi connectivity index (χ1) is 9.15. The van der Waals surface area contributed by atoms with E-state index in [0.717, 1.165) is 21.2 Å². The summed E-state index contributed by atoms with van der Waals surface area (Å²) in [5, 5.41) is 9.78. The Morgan fingerprint density at radius 1 is 1.32 bits per heavy atom. The van der Waals surface area contributed by atoms with E-state index in [1.54, 1.807) is 18.5 Å². The third kappa shape index (κ3) is 2.86. The van der Waals surface area contributed by atoms with Crippen molar-refractivity contribution in [2.24, 2.45) is 0 Å². The van der Waals surface area contributed by atoms with Gasteiger partial charge in [-0.2, -0.15) is 5.26 Å². The van der Waals surface area contributed by atoms with Crippen LogP contribution in [0.4, 0.5) is 0 Å². The highest BCUT2D eigenvalue weighted by atomic mass is 79.9. The molecule has 19 heavy (non-hydrogen) atoms. The molecule has 0 N–H and O–H groups in total. The van der Waals surface area contributed by atoms with Crippen LogP contribution in [-0.2, 0) is 0 Å². The van der Waals surface area contributed by atoms with Crippen LogP contribution in [0.3, 0.4) is 0 Å². The normalized spacial score (nSPS) is 11.7. The Hall–Kier alpha value is -1.63. The predicted molar refractivity (Wildman–Crippen MR) is 81.4 cm³/mol. The molecule has 94 valence electrons. The molecule has 0 aliphatic heterocycles. The molecule has 2 rings (SSSR count). The van der Waals surface area contributed by atoms with Gasteiger partial charge in [0.1, 0.15) is 6.07 Å². The van der Waals surface area contributed by atoms with Gasteiger partial charge in [0, 0.05) is 22.4 Å². The first-order valence-electron chi connectivity index (χ1n) is 5.61. The van der Waals surface area contributed by atoms with Crippen molar-refractivity contribution in [3.8, 4) is 6.07 Å². The van der Waals surface area contributed by atoms with Gasteiger partial charge in [-0.3, -0.25) is 4.98 Å². The minimum atomic E-state index is 0.427. The van der Waals surface area contributed by atoms with Gasteiger partial charge in [0.05, 0.1) is 10.6 Å². The first kappa shape index (κ1) is 13.8. The van der Waals surface area contributed by atoms with Gasteiger partial charge in [-0.25, -0.2) is 0 Å². The highest BCUT2D eigenvalue weighted by Crippen LogP contribution is 2.33. The van der Waals surface area contributed by atoms with E-state index in [9.17, 15) is 5.26 Å². The Labute approximate surface area is 125 Å². The number of nitrogens with zero attached hydrogens (tertiary/aromatic N) is 2. The van der Waals surface area contributed by atoms with Gasteiger partial charge in [-0.15, -0.1) is 0 Å². The molecule has 1 heterocycles. The largest absolute Gasteiger partial charge is 0.264 e. The van der Waals surface area contributed by atoms with Crippen LogP contribution in [0.25, 0.3) is 10.6 Å². The van der Waals surface area contributed by atoms with Crippen molar-refractivity contribution in [3.05, 3.63) is 63.9 Å². The number of aromatic nitrogens is 1. The van der Waals surface area contributed by atoms with Crippen LogP contribution in [0, 0.1) is 18.3 Å². The number of nitriles is 1. The number of pyridine rings is 1. The van der Waals surface area contributed by atoms with E-state index in [0.29, 0.717) is 10.6 Å². The third-order valence-corrected chi connectivity index (χ3v) is 4.04. The van der Waals surface area contributed by atoms with Crippen LogP contribution in [0.1, 0.15) is 16.7 Å². The van der Waals surface area contributed by atoms with E-state index in [2.05, 4.69) is 27.0 Å². The molecule has 0 saturated heterocycles. The quantitative estimate of drug-likeness (QED) is 0.741. The summed E-state index contributed by atoms with van der Waals surface area (Å²) in [6.45, 7) is 1.96. The molecule has 0 unspecified atom stereocenters. The van der Waals surface area contributed by atoms with Crippen LogP contribution in [0.5, 0.6) is 0 Å². The summed E-state index contributed by atoms with van der Waals surface area (Å²) in [4.78, 5) is 4.02. The average molecular weight is 334 g/mol. The molecule has 1 aromatic carbocycles. The van der Waals surface area contributed by atoms with Crippen molar-refractivity contribution in [3.63, 3.8) is 0 Å². The molecule has 0 fully saturated rings. The zero-order valence-corrected chi connectivity index (χ0v) is 12.5. The molecule has 0 atom stereocenters. The minimum Gasteiger partial charge on any atom is -0.264 e. The molecule has 0 amide bonds. The van der Waals surface area contributed by atoms with Crippen LogP contribution in [0.15, 0.2) is 47.2 Å². The fourth-order valence-corrected chi connectivity index (χ4v) is 2.45. The maximum atomic E-state index is 9.34. The van der Waals surface area contributed by atoms with Crippen molar-refractivity contribution in [1.82, 2.24) is 4.98 Å². The maximum Gasteiger partial charge on any atom is 0.101 e. The van der Waals surface area contributed by atoms with E-state index >= 15 is 0 Å². The summed E-state index contributed by atoms with van der Waals surface area (Å²) < 4.78 is 0.964. The first-order valence-corrected chi connectivity index (χ1v) is 6.78. The lowest BCUT2D eigenvalue weighted by Crippen LogP contribution is -1.90. The van der Waals surface area contributed by atoms with E-state index in [-0.39, 0.29) is 0 Å². The molecule has 2 aromatic rings. The van der Waals surface area contributed by atoms with Crippen LogP contribution < -0.4 is 0 Å². The second-order valence-corrected chi connectivity index (χ2v) is 5.19. The number of halogens is 2. The van der Waals surface area contributed by atoms with Crippen molar-refractivity contribution >= 4 is 38.1 Å². The van der Waals surface area contributed by atoms with E-state index in [1.807, 2.05) is 31.2 Å². The fourth-order valence-electron chi connectivity index (χ4n) is 1.73. The van der Waals surface area contributed by atoms with Crippen molar-refractivity contribution in [1.29, 1.82) is 5.26 Å². The van der Waals surface area contributed by atoms with Crippen molar-refractivity contribution in [2.45, 2.75) is 6.92 Å². The zero-order valence-electron chi connectivity index (χ0n) is 10.2. The number of rotatable bonds is 2. The van der Waals surface area contributed by atoms with E-state index in [1.165, 1.54) is 0 Å². The SMILES string of the molecule is Cc1c(Br)cccc1/C(Cl)=C(/C#N)c1cccnc1. The molecule has 0 bridgehead atoms. The number of hydrogen-bond acceptors (Lipinski definition) is 2. The molecular formula is C15H10BrClN2. The Bertz CT molecular complexity index is 672. The summed E-state index contributed by atoms with van der Waals surface area (Å²) in [6, 6.07) is 11.5. The van der Waals surface area contributed by atoms with Crippen LogP contribution in [-0.4, -0.2) is 4.98 Å². The molecule has 0 aliphatic rings. The fraction of sp³-hybridized carbons (Fsp3) is 0.0667. The lowest BCUT2D eigenvalue weighted by Gasteiger charge is -2.08. The molecule has 0 saturated carbocycles. The number of allylic oxidation sites excluding steroid dienone is 1. The Kier molecular flexibility index (Phi) is 4.36. The second kappa shape index (κ2) is 6.01. The molecule has 0 radical (unpaired) electrons. The Balaban J connectivity index is 2.63. The van der Waals surface area contributed by atoms with Gasteiger partial charge in [-0.1, -0.05) is 45.7 Å². The lowest BCUT2D eigenvalue weighted by molar-refractivity contribution is 1.31. The lowest BCUT2D eigenvalue weighted by atomic mass is 10.0. The molecule has 1 aromatic heterocycles. The van der Waals surface area contributed by atoms with Crippen molar-refractivity contribution in [2.75, 3.05) is 0 Å². The molecule has 4 heteroatoms. The maximum absolute atomic E-state index is 9.34. The van der Waals surface area contributed by atoms with Crippen molar-refractivity contribution < 1.29 is 0 Å². The van der Waals surface area contributed by atoms with Gasteiger partial charge in [0.15, 0.2) is 0 Å². The van der Waals surface area contributed by atoms with Crippen LogP contribution in [0.2, 0.25) is 0 Å². The highest BCUT2D eigenvalue weighted by molar-refractivity contribution is 9.10. The smallest absolute Gasteiger partial charge is 0.101 e. The number of benzene rings is 1. The highest BCUT2D eigenvalue weighted by Gasteiger charge is 2.12. The molecule has 2 nitrogen and oxygen atoms in total. The summed E-state index contributed by atoms with van der Waals surface area (Å²) in [6.07, 6.45) is 3.30. The summed E-state index contributed by atoms with van der Waals surface area (Å²) in [5.41, 5.74) is 2.99. The van der Waals surface area contributed by atoms with E-state index in [4.69, 9.17) is 11.6 Å². The van der Waals surface area contributed by atoms with Gasteiger partial charge < -0.3 is 0 Å². The summed E-state index contributed by atoms with van der Waals surface area (Å²) in [5.74, 6) is 0. The predicted octanol–water partition coefficient (Wildman–Crippen LogP) is 4.78. The molecular weight excluding hydrogens is 324 g/mol. The van der Waals surface area contributed by atoms with E-state index < -0.39 is 0 Å². The number of hydrogen-bond donors (Lipinski definition) is 0. The molecule has 0 aliphatic carbocycles. The van der Waals surface area contributed by atoms with Gasteiger partial charge in [0.25, 0.3) is 0 Å². The third-order valence-electron chi connectivity index (χ3n) is 2.79. The standard InChI is InChI=1S/C15H10BrClN2/c1-10-12(5-2-6-14(10)16)15(17)13(8-18)11-4-3-7-19-9-11/h2-7,9H,1H3/b15-13+. The summed E-state index contributed by atoms with van der Waals surface area (Å²) in [7, 11) is 0.